The van der Waals surface area contributed by atoms with Gasteiger partial charge in [-0.25, -0.2) is 9.59 Å². The van der Waals surface area contributed by atoms with E-state index in [1.807, 2.05) is 20.8 Å². The highest BCUT2D eigenvalue weighted by molar-refractivity contribution is 5.82. The zero-order chi connectivity index (χ0) is 12.8. The molecule has 0 unspecified atom stereocenters. The monoisotopic (exact) mass is 232 g/mol. The van der Waals surface area contributed by atoms with Crippen LogP contribution in [0, 0.1) is 5.41 Å². The Kier molecular flexibility index (Phi) is 5.81. The van der Waals surface area contributed by atoms with Crippen molar-refractivity contribution in [3.05, 3.63) is 0 Å². The lowest BCUT2D eigenvalue weighted by atomic mass is 9.97. The number of aliphatic carboxylic acids is 1. The minimum absolute atomic E-state index is 0.00172. The predicted molar refractivity (Wildman–Crippen MR) is 59.1 cm³/mol. The van der Waals surface area contributed by atoms with Crippen molar-refractivity contribution in [3.8, 4) is 0 Å². The van der Waals surface area contributed by atoms with Gasteiger partial charge in [-0.3, -0.25) is 0 Å². The third kappa shape index (κ3) is 7.05. The number of carbonyl (C=O) groups excluding carboxylic acids is 1. The van der Waals surface area contributed by atoms with Gasteiger partial charge in [-0.2, -0.15) is 0 Å². The first-order valence-corrected chi connectivity index (χ1v) is 5.14. The molecule has 0 heterocycles. The second-order valence-corrected chi connectivity index (χ2v) is 4.79. The average Bonchev–Trinajstić information content (AvgIpc) is 2.13. The fourth-order valence-electron chi connectivity index (χ4n) is 0.941. The van der Waals surface area contributed by atoms with Crippen LogP contribution in [0.5, 0.6) is 0 Å². The van der Waals surface area contributed by atoms with Crippen LogP contribution < -0.4 is 10.6 Å². The van der Waals surface area contributed by atoms with Crippen LogP contribution in [0.15, 0.2) is 0 Å². The van der Waals surface area contributed by atoms with Crippen LogP contribution in [0.1, 0.15) is 27.2 Å². The van der Waals surface area contributed by atoms with Gasteiger partial charge >= 0.3 is 12.0 Å². The summed E-state index contributed by atoms with van der Waals surface area (Å²) in [6.45, 7) is 6.03. The molecule has 0 aliphatic rings. The molecule has 0 aromatic carbocycles. The Hall–Kier alpha value is -1.30. The highest BCUT2D eigenvalue weighted by Crippen LogP contribution is 2.09. The first-order valence-electron chi connectivity index (χ1n) is 5.14. The van der Waals surface area contributed by atoms with Crippen molar-refractivity contribution in [1.82, 2.24) is 10.6 Å². The molecule has 94 valence electrons. The molecule has 0 radical (unpaired) electrons. The lowest BCUT2D eigenvalue weighted by Gasteiger charge is -2.20. The average molecular weight is 232 g/mol. The van der Waals surface area contributed by atoms with Crippen LogP contribution >= 0.6 is 0 Å². The molecular weight excluding hydrogens is 212 g/mol. The molecular formula is C10H20N2O4. The summed E-state index contributed by atoms with van der Waals surface area (Å²) in [5.74, 6) is -1.15. The van der Waals surface area contributed by atoms with E-state index in [1.54, 1.807) is 0 Å². The normalized spacial score (nSPS) is 13.0. The number of nitrogens with one attached hydrogen (secondary N) is 2. The molecule has 16 heavy (non-hydrogen) atoms. The Bertz CT molecular complexity index is 248. The molecule has 0 aromatic heterocycles. The molecule has 0 bridgehead atoms. The molecule has 0 saturated heterocycles. The molecule has 0 aliphatic heterocycles. The zero-order valence-corrected chi connectivity index (χ0v) is 9.91. The van der Waals surface area contributed by atoms with E-state index in [9.17, 15) is 9.59 Å². The van der Waals surface area contributed by atoms with E-state index in [2.05, 4.69) is 10.6 Å². The Morgan fingerprint density at radius 2 is 1.88 bits per heavy atom. The molecule has 0 aromatic rings. The summed E-state index contributed by atoms with van der Waals surface area (Å²) in [6.07, 6.45) is -0.00172. The van der Waals surface area contributed by atoms with Crippen molar-refractivity contribution in [2.75, 3.05) is 13.2 Å². The molecule has 1 atom stereocenters. The fourth-order valence-corrected chi connectivity index (χ4v) is 0.941. The number of hydrogen-bond donors (Lipinski definition) is 4. The van der Waals surface area contributed by atoms with Crippen molar-refractivity contribution in [1.29, 1.82) is 0 Å². The number of amides is 2. The summed E-state index contributed by atoms with van der Waals surface area (Å²) in [7, 11) is 0. The Labute approximate surface area is 95.0 Å². The number of hydrogen-bond acceptors (Lipinski definition) is 3. The van der Waals surface area contributed by atoms with Crippen LogP contribution in [-0.2, 0) is 4.79 Å². The van der Waals surface area contributed by atoms with Gasteiger partial charge in [0, 0.05) is 19.6 Å². The quantitative estimate of drug-likeness (QED) is 0.543. The SMILES string of the molecule is CC(C)(C)CNC(=O)N[C@@H](CCO)C(=O)O. The van der Waals surface area contributed by atoms with E-state index in [1.165, 1.54) is 0 Å². The highest BCUT2D eigenvalue weighted by Gasteiger charge is 2.20. The standard InChI is InChI=1S/C10H20N2O4/c1-10(2,3)6-11-9(16)12-7(4-5-13)8(14)15/h7,13H,4-6H2,1-3H3,(H,14,15)(H2,11,12,16)/t7-/m0/s1. The van der Waals surface area contributed by atoms with Crippen molar-refractivity contribution >= 4 is 12.0 Å². The van der Waals surface area contributed by atoms with E-state index in [0.29, 0.717) is 6.54 Å². The van der Waals surface area contributed by atoms with E-state index in [0.717, 1.165) is 0 Å². The molecule has 6 nitrogen and oxygen atoms in total. The summed E-state index contributed by atoms with van der Waals surface area (Å²) in [5.41, 5.74) is -0.0625. The topological polar surface area (TPSA) is 98.7 Å². The molecule has 4 N–H and O–H groups in total. The smallest absolute Gasteiger partial charge is 0.326 e. The summed E-state index contributed by atoms with van der Waals surface area (Å²) in [6, 6.07) is -1.58. The molecule has 0 aliphatic carbocycles. The summed E-state index contributed by atoms with van der Waals surface area (Å²) in [5, 5.41) is 22.2. The van der Waals surface area contributed by atoms with Gasteiger partial charge in [-0.05, 0) is 5.41 Å². The minimum atomic E-state index is -1.15. The second kappa shape index (κ2) is 6.32. The van der Waals surface area contributed by atoms with Crippen molar-refractivity contribution in [2.45, 2.75) is 33.2 Å². The van der Waals surface area contributed by atoms with Gasteiger partial charge in [0.05, 0.1) is 0 Å². The maximum absolute atomic E-state index is 11.3. The first-order chi connectivity index (χ1) is 7.26. The maximum Gasteiger partial charge on any atom is 0.326 e. The van der Waals surface area contributed by atoms with E-state index in [-0.39, 0.29) is 18.4 Å². The highest BCUT2D eigenvalue weighted by atomic mass is 16.4. The fraction of sp³-hybridized carbons (Fsp3) is 0.800. The molecule has 6 heteroatoms. The van der Waals surface area contributed by atoms with Crippen LogP contribution in [0.4, 0.5) is 4.79 Å². The van der Waals surface area contributed by atoms with Gasteiger partial charge in [0.15, 0.2) is 0 Å². The Morgan fingerprint density at radius 1 is 1.31 bits per heavy atom. The van der Waals surface area contributed by atoms with Crippen LogP contribution in [0.3, 0.4) is 0 Å². The van der Waals surface area contributed by atoms with Crippen LogP contribution in [0.25, 0.3) is 0 Å². The van der Waals surface area contributed by atoms with Crippen LogP contribution in [0.2, 0.25) is 0 Å². The third-order valence-electron chi connectivity index (χ3n) is 1.80. The largest absolute Gasteiger partial charge is 0.480 e. The molecule has 2 amide bonds. The van der Waals surface area contributed by atoms with E-state index in [4.69, 9.17) is 10.2 Å². The molecule has 0 rings (SSSR count). The molecule has 0 saturated carbocycles. The number of aliphatic hydroxyl groups is 1. The lowest BCUT2D eigenvalue weighted by Crippen LogP contribution is -2.48. The van der Waals surface area contributed by atoms with Gasteiger partial charge in [0.1, 0.15) is 6.04 Å². The third-order valence-corrected chi connectivity index (χ3v) is 1.80. The van der Waals surface area contributed by atoms with Crippen molar-refractivity contribution in [2.24, 2.45) is 5.41 Å². The maximum atomic E-state index is 11.3. The minimum Gasteiger partial charge on any atom is -0.480 e. The summed E-state index contributed by atoms with van der Waals surface area (Å²) in [4.78, 5) is 22.0. The number of carbonyl (C=O) groups is 2. The van der Waals surface area contributed by atoms with Gasteiger partial charge in [-0.15, -0.1) is 0 Å². The summed E-state index contributed by atoms with van der Waals surface area (Å²) >= 11 is 0. The number of rotatable bonds is 5. The van der Waals surface area contributed by atoms with E-state index >= 15 is 0 Å². The first kappa shape index (κ1) is 14.7. The van der Waals surface area contributed by atoms with Gasteiger partial charge in [-0.1, -0.05) is 20.8 Å². The summed E-state index contributed by atoms with van der Waals surface area (Å²) < 4.78 is 0. The Balaban J connectivity index is 4.05. The second-order valence-electron chi connectivity index (χ2n) is 4.79. The van der Waals surface area contributed by atoms with Gasteiger partial charge in [0.2, 0.25) is 0 Å². The number of urea groups is 1. The van der Waals surface area contributed by atoms with Gasteiger partial charge < -0.3 is 20.8 Å². The van der Waals surface area contributed by atoms with Crippen LogP contribution in [-0.4, -0.2) is 41.4 Å². The zero-order valence-electron chi connectivity index (χ0n) is 9.91. The predicted octanol–water partition coefficient (Wildman–Crippen LogP) is 0.167. The van der Waals surface area contributed by atoms with E-state index < -0.39 is 18.0 Å². The van der Waals surface area contributed by atoms with Crippen molar-refractivity contribution < 1.29 is 19.8 Å². The van der Waals surface area contributed by atoms with Crippen molar-refractivity contribution in [3.63, 3.8) is 0 Å². The van der Waals surface area contributed by atoms with Gasteiger partial charge in [0.25, 0.3) is 0 Å². The Morgan fingerprint density at radius 3 is 2.25 bits per heavy atom. The number of carboxylic acids is 1. The number of carboxylic acid groups (broad SMARTS) is 1. The lowest BCUT2D eigenvalue weighted by molar-refractivity contribution is -0.139. The molecule has 0 fully saturated rings. The number of aliphatic hydroxyl groups excluding tert-OH is 1. The molecule has 0 spiro atoms.